The van der Waals surface area contributed by atoms with Crippen LogP contribution in [-0.2, 0) is 9.53 Å². The van der Waals surface area contributed by atoms with Crippen molar-refractivity contribution in [2.45, 2.75) is 38.3 Å². The van der Waals surface area contributed by atoms with Crippen molar-refractivity contribution in [1.29, 1.82) is 0 Å². The summed E-state index contributed by atoms with van der Waals surface area (Å²) in [6, 6.07) is 1.63. The van der Waals surface area contributed by atoms with Crippen LogP contribution in [0.4, 0.5) is 0 Å². The second kappa shape index (κ2) is 7.24. The lowest BCUT2D eigenvalue weighted by atomic mass is 10.2. The SMILES string of the molecule is C[C@H](C(=O)N1CCCN(C[C@@H]2CCCO2)CC1)n1cccn1. The fourth-order valence-corrected chi connectivity index (χ4v) is 3.34. The topological polar surface area (TPSA) is 50.6 Å². The van der Waals surface area contributed by atoms with Gasteiger partial charge in [-0.15, -0.1) is 0 Å². The van der Waals surface area contributed by atoms with E-state index in [1.807, 2.05) is 24.1 Å². The molecule has 0 aliphatic carbocycles. The lowest BCUT2D eigenvalue weighted by Gasteiger charge is -2.25. The van der Waals surface area contributed by atoms with E-state index in [1.165, 1.54) is 12.8 Å². The summed E-state index contributed by atoms with van der Waals surface area (Å²) < 4.78 is 7.46. The molecule has 3 heterocycles. The first-order chi connectivity index (χ1) is 10.7. The summed E-state index contributed by atoms with van der Waals surface area (Å²) in [4.78, 5) is 17.1. The van der Waals surface area contributed by atoms with Crippen LogP contribution in [0.3, 0.4) is 0 Å². The molecule has 2 atom stereocenters. The summed E-state index contributed by atoms with van der Waals surface area (Å²) in [6.45, 7) is 7.48. The molecule has 6 heteroatoms. The van der Waals surface area contributed by atoms with E-state index < -0.39 is 0 Å². The first-order valence-corrected chi connectivity index (χ1v) is 8.36. The number of nitrogens with zero attached hydrogens (tertiary/aromatic N) is 4. The number of aromatic nitrogens is 2. The third-order valence-electron chi connectivity index (χ3n) is 4.67. The highest BCUT2D eigenvalue weighted by Gasteiger charge is 2.26. The average molecular weight is 306 g/mol. The Morgan fingerprint density at radius 3 is 2.95 bits per heavy atom. The van der Waals surface area contributed by atoms with Gasteiger partial charge in [0.25, 0.3) is 0 Å². The van der Waals surface area contributed by atoms with Crippen LogP contribution in [0.5, 0.6) is 0 Å². The monoisotopic (exact) mass is 306 g/mol. The van der Waals surface area contributed by atoms with Crippen LogP contribution >= 0.6 is 0 Å². The summed E-state index contributed by atoms with van der Waals surface area (Å²) in [7, 11) is 0. The van der Waals surface area contributed by atoms with Gasteiger partial charge in [-0.1, -0.05) is 0 Å². The van der Waals surface area contributed by atoms with Crippen molar-refractivity contribution in [3.63, 3.8) is 0 Å². The minimum atomic E-state index is -0.222. The molecule has 0 N–H and O–H groups in total. The zero-order valence-corrected chi connectivity index (χ0v) is 13.4. The number of hydrogen-bond donors (Lipinski definition) is 0. The van der Waals surface area contributed by atoms with Crippen molar-refractivity contribution >= 4 is 5.91 Å². The molecule has 0 aromatic carbocycles. The third kappa shape index (κ3) is 3.67. The quantitative estimate of drug-likeness (QED) is 0.837. The Morgan fingerprint density at radius 1 is 1.32 bits per heavy atom. The van der Waals surface area contributed by atoms with E-state index in [-0.39, 0.29) is 11.9 Å². The second-order valence-electron chi connectivity index (χ2n) is 6.28. The highest BCUT2D eigenvalue weighted by atomic mass is 16.5. The Balaban J connectivity index is 1.52. The smallest absolute Gasteiger partial charge is 0.247 e. The van der Waals surface area contributed by atoms with E-state index in [4.69, 9.17) is 4.74 Å². The maximum atomic E-state index is 12.6. The fourth-order valence-electron chi connectivity index (χ4n) is 3.34. The van der Waals surface area contributed by atoms with E-state index in [0.717, 1.165) is 45.8 Å². The van der Waals surface area contributed by atoms with Crippen molar-refractivity contribution in [1.82, 2.24) is 19.6 Å². The first kappa shape index (κ1) is 15.5. The minimum absolute atomic E-state index is 0.169. The van der Waals surface area contributed by atoms with Crippen LogP contribution in [0.25, 0.3) is 0 Å². The molecular weight excluding hydrogens is 280 g/mol. The molecule has 22 heavy (non-hydrogen) atoms. The lowest BCUT2D eigenvalue weighted by molar-refractivity contribution is -0.134. The van der Waals surface area contributed by atoms with Gasteiger partial charge < -0.3 is 9.64 Å². The Kier molecular flexibility index (Phi) is 5.10. The predicted molar refractivity (Wildman–Crippen MR) is 83.5 cm³/mol. The van der Waals surface area contributed by atoms with E-state index in [9.17, 15) is 4.79 Å². The van der Waals surface area contributed by atoms with Gasteiger partial charge in [-0.25, -0.2) is 0 Å². The first-order valence-electron chi connectivity index (χ1n) is 8.36. The zero-order valence-electron chi connectivity index (χ0n) is 13.4. The molecule has 0 radical (unpaired) electrons. The molecule has 2 fully saturated rings. The molecule has 0 bridgehead atoms. The van der Waals surface area contributed by atoms with Crippen molar-refractivity contribution in [3.05, 3.63) is 18.5 Å². The molecule has 1 aromatic heterocycles. The molecule has 1 aromatic rings. The summed E-state index contributed by atoms with van der Waals surface area (Å²) >= 11 is 0. The van der Waals surface area contributed by atoms with E-state index in [2.05, 4.69) is 10.00 Å². The molecule has 2 aliphatic heterocycles. The van der Waals surface area contributed by atoms with Gasteiger partial charge in [0.05, 0.1) is 6.10 Å². The van der Waals surface area contributed by atoms with Gasteiger partial charge in [0.2, 0.25) is 5.91 Å². The number of ether oxygens (including phenoxy) is 1. The second-order valence-corrected chi connectivity index (χ2v) is 6.28. The van der Waals surface area contributed by atoms with Gasteiger partial charge in [-0.2, -0.15) is 5.10 Å². The molecule has 2 aliphatic rings. The molecule has 2 saturated heterocycles. The van der Waals surface area contributed by atoms with Crippen molar-refractivity contribution in [3.8, 4) is 0 Å². The molecule has 0 saturated carbocycles. The van der Waals surface area contributed by atoms with Crippen LogP contribution in [-0.4, -0.2) is 70.9 Å². The van der Waals surface area contributed by atoms with Gasteiger partial charge >= 0.3 is 0 Å². The van der Waals surface area contributed by atoms with E-state index in [0.29, 0.717) is 6.10 Å². The molecular formula is C16H26N4O2. The Bertz CT molecular complexity index is 471. The minimum Gasteiger partial charge on any atom is -0.377 e. The molecule has 122 valence electrons. The van der Waals surface area contributed by atoms with Crippen molar-refractivity contribution in [2.75, 3.05) is 39.3 Å². The fraction of sp³-hybridized carbons (Fsp3) is 0.750. The predicted octanol–water partition coefficient (Wildman–Crippen LogP) is 1.16. The van der Waals surface area contributed by atoms with Crippen LogP contribution in [0.15, 0.2) is 18.5 Å². The maximum absolute atomic E-state index is 12.6. The Morgan fingerprint density at radius 2 is 2.23 bits per heavy atom. The normalized spacial score (nSPS) is 25.1. The summed E-state index contributed by atoms with van der Waals surface area (Å²) in [6.07, 6.45) is 7.36. The number of amides is 1. The van der Waals surface area contributed by atoms with Crippen LogP contribution in [0, 0.1) is 0 Å². The van der Waals surface area contributed by atoms with Crippen molar-refractivity contribution in [2.24, 2.45) is 0 Å². The van der Waals surface area contributed by atoms with Gasteiger partial charge in [0.15, 0.2) is 0 Å². The number of hydrogen-bond acceptors (Lipinski definition) is 4. The van der Waals surface area contributed by atoms with E-state index in [1.54, 1.807) is 10.9 Å². The summed E-state index contributed by atoms with van der Waals surface area (Å²) in [5.74, 6) is 0.169. The largest absolute Gasteiger partial charge is 0.377 e. The van der Waals surface area contributed by atoms with Crippen LogP contribution in [0.2, 0.25) is 0 Å². The highest BCUT2D eigenvalue weighted by Crippen LogP contribution is 2.16. The lowest BCUT2D eigenvalue weighted by Crippen LogP contribution is -2.40. The number of carbonyl (C=O) groups excluding carboxylic acids is 1. The number of rotatable bonds is 4. The average Bonchev–Trinajstić information content (AvgIpc) is 3.18. The highest BCUT2D eigenvalue weighted by molar-refractivity contribution is 5.80. The third-order valence-corrected chi connectivity index (χ3v) is 4.67. The standard InChI is InChI=1S/C16H26N4O2/c1-14(20-9-3-6-17-20)16(21)19-8-4-7-18(10-11-19)13-15-5-2-12-22-15/h3,6,9,14-15H,2,4-5,7-8,10-13H2,1H3/t14-,15+/m1/s1. The van der Waals surface area contributed by atoms with E-state index >= 15 is 0 Å². The number of carbonyl (C=O) groups is 1. The molecule has 0 unspecified atom stereocenters. The van der Waals surface area contributed by atoms with Crippen LogP contribution < -0.4 is 0 Å². The maximum Gasteiger partial charge on any atom is 0.247 e. The molecule has 0 spiro atoms. The molecule has 6 nitrogen and oxygen atoms in total. The van der Waals surface area contributed by atoms with Gasteiger partial charge in [0, 0.05) is 45.2 Å². The Labute approximate surface area is 132 Å². The molecule has 1 amide bonds. The summed E-state index contributed by atoms with van der Waals surface area (Å²) in [5.41, 5.74) is 0. The Hall–Kier alpha value is -1.40. The molecule has 3 rings (SSSR count). The summed E-state index contributed by atoms with van der Waals surface area (Å²) in [5, 5.41) is 4.18. The van der Waals surface area contributed by atoms with Gasteiger partial charge in [-0.3, -0.25) is 14.4 Å². The van der Waals surface area contributed by atoms with Gasteiger partial charge in [-0.05, 0) is 38.8 Å². The van der Waals surface area contributed by atoms with Crippen LogP contribution in [0.1, 0.15) is 32.2 Å². The van der Waals surface area contributed by atoms with Gasteiger partial charge in [0.1, 0.15) is 6.04 Å². The van der Waals surface area contributed by atoms with Crippen molar-refractivity contribution < 1.29 is 9.53 Å². The zero-order chi connectivity index (χ0) is 15.4.